The SMILES string of the molecule is Cc1cc(F)ccc1-c1nc2ccccc2s1. The number of rotatable bonds is 1. The van der Waals surface area contributed by atoms with Crippen LogP contribution < -0.4 is 0 Å². The van der Waals surface area contributed by atoms with Gasteiger partial charge in [0, 0.05) is 5.56 Å². The lowest BCUT2D eigenvalue weighted by atomic mass is 10.1. The maximum atomic E-state index is 13.1. The van der Waals surface area contributed by atoms with E-state index in [1.165, 1.54) is 6.07 Å². The Bertz CT molecular complexity index is 655. The Balaban J connectivity index is 2.20. The molecule has 0 saturated heterocycles. The molecule has 17 heavy (non-hydrogen) atoms. The Labute approximate surface area is 103 Å². The van der Waals surface area contributed by atoms with Gasteiger partial charge < -0.3 is 0 Å². The van der Waals surface area contributed by atoms with Crippen molar-refractivity contribution in [3.63, 3.8) is 0 Å². The first-order valence-corrected chi connectivity index (χ1v) is 6.18. The van der Waals surface area contributed by atoms with Crippen molar-refractivity contribution in [2.75, 3.05) is 0 Å². The summed E-state index contributed by atoms with van der Waals surface area (Å²) >= 11 is 1.64. The fourth-order valence-electron chi connectivity index (χ4n) is 1.85. The lowest BCUT2D eigenvalue weighted by molar-refractivity contribution is 0.627. The molecule has 0 amide bonds. The maximum Gasteiger partial charge on any atom is 0.124 e. The van der Waals surface area contributed by atoms with Crippen LogP contribution in [0.1, 0.15) is 5.56 Å². The molecule has 0 saturated carbocycles. The first kappa shape index (κ1) is 10.4. The summed E-state index contributed by atoms with van der Waals surface area (Å²) < 4.78 is 14.2. The number of hydrogen-bond donors (Lipinski definition) is 0. The molecule has 0 unspecified atom stereocenters. The highest BCUT2D eigenvalue weighted by molar-refractivity contribution is 7.21. The number of fused-ring (bicyclic) bond motifs is 1. The topological polar surface area (TPSA) is 12.9 Å². The molecule has 0 fully saturated rings. The summed E-state index contributed by atoms with van der Waals surface area (Å²) in [6.45, 7) is 1.91. The van der Waals surface area contributed by atoms with Crippen molar-refractivity contribution >= 4 is 21.6 Å². The van der Waals surface area contributed by atoms with E-state index >= 15 is 0 Å². The molecule has 1 heterocycles. The second kappa shape index (κ2) is 3.93. The third kappa shape index (κ3) is 1.83. The van der Waals surface area contributed by atoms with Gasteiger partial charge in [-0.3, -0.25) is 0 Å². The van der Waals surface area contributed by atoms with Crippen LogP contribution in [-0.4, -0.2) is 4.98 Å². The summed E-state index contributed by atoms with van der Waals surface area (Å²) in [5.41, 5.74) is 2.92. The molecule has 1 nitrogen and oxygen atoms in total. The minimum atomic E-state index is -0.202. The maximum absolute atomic E-state index is 13.1. The van der Waals surface area contributed by atoms with Gasteiger partial charge in [0.05, 0.1) is 10.2 Å². The van der Waals surface area contributed by atoms with E-state index in [0.717, 1.165) is 26.4 Å². The van der Waals surface area contributed by atoms with Crippen LogP contribution in [0.5, 0.6) is 0 Å². The zero-order chi connectivity index (χ0) is 11.8. The van der Waals surface area contributed by atoms with Crippen LogP contribution in [0.25, 0.3) is 20.8 Å². The van der Waals surface area contributed by atoms with Crippen LogP contribution >= 0.6 is 11.3 Å². The quantitative estimate of drug-likeness (QED) is 0.617. The van der Waals surface area contributed by atoms with Crippen molar-refractivity contribution in [1.82, 2.24) is 4.98 Å². The van der Waals surface area contributed by atoms with E-state index in [1.807, 2.05) is 25.1 Å². The highest BCUT2D eigenvalue weighted by Gasteiger charge is 2.08. The Hall–Kier alpha value is -1.74. The molecule has 1 aromatic heterocycles. The number of para-hydroxylation sites is 1. The van der Waals surface area contributed by atoms with Crippen molar-refractivity contribution in [2.45, 2.75) is 6.92 Å². The number of aromatic nitrogens is 1. The van der Waals surface area contributed by atoms with E-state index in [2.05, 4.69) is 11.1 Å². The van der Waals surface area contributed by atoms with Gasteiger partial charge in [0.25, 0.3) is 0 Å². The zero-order valence-electron chi connectivity index (χ0n) is 9.27. The average molecular weight is 243 g/mol. The average Bonchev–Trinajstić information content (AvgIpc) is 2.72. The molecule has 2 aromatic carbocycles. The van der Waals surface area contributed by atoms with Gasteiger partial charge in [-0.05, 0) is 42.8 Å². The summed E-state index contributed by atoms with van der Waals surface area (Å²) in [4.78, 5) is 4.57. The smallest absolute Gasteiger partial charge is 0.124 e. The summed E-state index contributed by atoms with van der Waals surface area (Å²) in [5.74, 6) is -0.202. The van der Waals surface area contributed by atoms with Gasteiger partial charge in [0.2, 0.25) is 0 Å². The Morgan fingerprint density at radius 3 is 2.71 bits per heavy atom. The first-order valence-electron chi connectivity index (χ1n) is 5.36. The van der Waals surface area contributed by atoms with Crippen LogP contribution in [0, 0.1) is 12.7 Å². The lowest BCUT2D eigenvalue weighted by Gasteiger charge is -2.01. The summed E-state index contributed by atoms with van der Waals surface area (Å²) in [5, 5.41) is 0.948. The summed E-state index contributed by atoms with van der Waals surface area (Å²) in [6, 6.07) is 12.8. The first-order chi connectivity index (χ1) is 8.24. The molecule has 0 aliphatic heterocycles. The molecule has 0 aliphatic carbocycles. The Morgan fingerprint density at radius 1 is 1.12 bits per heavy atom. The number of thiazole rings is 1. The van der Waals surface area contributed by atoms with Gasteiger partial charge in [0.1, 0.15) is 10.8 Å². The van der Waals surface area contributed by atoms with Crippen LogP contribution in [0.3, 0.4) is 0 Å². The van der Waals surface area contributed by atoms with Crippen LogP contribution in [0.15, 0.2) is 42.5 Å². The number of hydrogen-bond acceptors (Lipinski definition) is 2. The predicted molar refractivity (Wildman–Crippen MR) is 69.8 cm³/mol. The normalized spacial score (nSPS) is 10.9. The van der Waals surface area contributed by atoms with Crippen molar-refractivity contribution in [2.24, 2.45) is 0 Å². The Kier molecular flexibility index (Phi) is 2.41. The van der Waals surface area contributed by atoms with Crippen molar-refractivity contribution in [3.05, 3.63) is 53.8 Å². The predicted octanol–water partition coefficient (Wildman–Crippen LogP) is 4.41. The second-order valence-corrected chi connectivity index (χ2v) is 4.98. The van der Waals surface area contributed by atoms with Crippen LogP contribution in [0.4, 0.5) is 4.39 Å². The molecule has 0 atom stereocenters. The van der Waals surface area contributed by atoms with E-state index < -0.39 is 0 Å². The van der Waals surface area contributed by atoms with E-state index in [9.17, 15) is 4.39 Å². The van der Waals surface area contributed by atoms with Gasteiger partial charge in [-0.25, -0.2) is 9.37 Å². The van der Waals surface area contributed by atoms with Gasteiger partial charge in [-0.15, -0.1) is 11.3 Å². The lowest BCUT2D eigenvalue weighted by Crippen LogP contribution is -1.83. The fraction of sp³-hybridized carbons (Fsp3) is 0.0714. The standard InChI is InChI=1S/C14H10FNS/c1-9-8-10(15)6-7-11(9)14-16-12-4-2-3-5-13(12)17-14/h2-8H,1H3. The molecule has 0 N–H and O–H groups in total. The molecule has 0 radical (unpaired) electrons. The largest absolute Gasteiger partial charge is 0.236 e. The number of halogens is 1. The molecule has 3 rings (SSSR count). The van der Waals surface area contributed by atoms with E-state index in [4.69, 9.17) is 0 Å². The van der Waals surface area contributed by atoms with E-state index in [0.29, 0.717) is 0 Å². The Morgan fingerprint density at radius 2 is 1.94 bits per heavy atom. The number of aryl methyl sites for hydroxylation is 1. The highest BCUT2D eigenvalue weighted by atomic mass is 32.1. The summed E-state index contributed by atoms with van der Waals surface area (Å²) in [6.07, 6.45) is 0. The number of benzene rings is 2. The summed E-state index contributed by atoms with van der Waals surface area (Å²) in [7, 11) is 0. The minimum absolute atomic E-state index is 0.202. The molecule has 0 spiro atoms. The monoisotopic (exact) mass is 243 g/mol. The highest BCUT2D eigenvalue weighted by Crippen LogP contribution is 2.31. The van der Waals surface area contributed by atoms with Crippen molar-refractivity contribution in [3.8, 4) is 10.6 Å². The third-order valence-corrected chi connectivity index (χ3v) is 3.78. The fourth-order valence-corrected chi connectivity index (χ4v) is 2.91. The van der Waals surface area contributed by atoms with E-state index in [-0.39, 0.29) is 5.82 Å². The minimum Gasteiger partial charge on any atom is -0.236 e. The van der Waals surface area contributed by atoms with E-state index in [1.54, 1.807) is 23.5 Å². The molecular weight excluding hydrogens is 233 g/mol. The van der Waals surface area contributed by atoms with Crippen molar-refractivity contribution in [1.29, 1.82) is 0 Å². The van der Waals surface area contributed by atoms with Gasteiger partial charge in [-0.1, -0.05) is 12.1 Å². The van der Waals surface area contributed by atoms with Gasteiger partial charge in [-0.2, -0.15) is 0 Å². The molecule has 0 bridgehead atoms. The molecule has 0 aliphatic rings. The molecule has 84 valence electrons. The van der Waals surface area contributed by atoms with Crippen LogP contribution in [-0.2, 0) is 0 Å². The molecule has 3 aromatic rings. The molecule has 3 heteroatoms. The van der Waals surface area contributed by atoms with Crippen LogP contribution in [0.2, 0.25) is 0 Å². The third-order valence-electron chi connectivity index (χ3n) is 2.71. The van der Waals surface area contributed by atoms with Gasteiger partial charge >= 0.3 is 0 Å². The number of nitrogens with zero attached hydrogens (tertiary/aromatic N) is 1. The zero-order valence-corrected chi connectivity index (χ0v) is 10.1. The molecular formula is C14H10FNS. The van der Waals surface area contributed by atoms with Crippen molar-refractivity contribution < 1.29 is 4.39 Å². The second-order valence-electron chi connectivity index (χ2n) is 3.95. The van der Waals surface area contributed by atoms with Gasteiger partial charge in [0.15, 0.2) is 0 Å².